The van der Waals surface area contributed by atoms with Crippen LogP contribution in [-0.4, -0.2) is 27.2 Å². The van der Waals surface area contributed by atoms with Crippen molar-refractivity contribution in [2.24, 2.45) is 0 Å². The number of carbonyl (C=O) groups is 2. The summed E-state index contributed by atoms with van der Waals surface area (Å²) < 4.78 is 2.27. The molecule has 1 aliphatic carbocycles. The Morgan fingerprint density at radius 2 is 1.86 bits per heavy atom. The second-order valence-corrected chi connectivity index (χ2v) is 8.41. The molecule has 3 amide bonds. The van der Waals surface area contributed by atoms with Gasteiger partial charge in [-0.25, -0.2) is 9.78 Å². The summed E-state index contributed by atoms with van der Waals surface area (Å²) in [5.74, 6) is -0.175. The molecule has 0 bridgehead atoms. The Kier molecular flexibility index (Phi) is 6.44. The Morgan fingerprint density at radius 3 is 2.54 bits per heavy atom. The van der Waals surface area contributed by atoms with Gasteiger partial charge in [0.2, 0.25) is 5.91 Å². The van der Waals surface area contributed by atoms with Crippen LogP contribution in [0.25, 0.3) is 0 Å². The van der Waals surface area contributed by atoms with E-state index >= 15 is 0 Å². The Hall–Kier alpha value is -2.28. The molecule has 0 spiro atoms. The van der Waals surface area contributed by atoms with Gasteiger partial charge < -0.3 is 9.88 Å². The lowest BCUT2D eigenvalue weighted by Crippen LogP contribution is -2.35. The summed E-state index contributed by atoms with van der Waals surface area (Å²) >= 11 is 1.39. The van der Waals surface area contributed by atoms with Crippen molar-refractivity contribution in [2.75, 3.05) is 11.1 Å². The number of hydrogen-bond donors (Lipinski definition) is 2. The average Bonchev–Trinajstić information content (AvgIpc) is 3.25. The van der Waals surface area contributed by atoms with Crippen LogP contribution in [0, 0.1) is 27.7 Å². The van der Waals surface area contributed by atoms with Gasteiger partial charge in [0.05, 0.1) is 11.4 Å². The van der Waals surface area contributed by atoms with Crippen LogP contribution in [0.1, 0.15) is 54.2 Å². The van der Waals surface area contributed by atoms with Gasteiger partial charge in [0.15, 0.2) is 5.16 Å². The fraction of sp³-hybridized carbons (Fsp3) is 0.476. The molecule has 150 valence electrons. The predicted octanol–water partition coefficient (Wildman–Crippen LogP) is 4.67. The maximum Gasteiger partial charge on any atom is 0.325 e. The third kappa shape index (κ3) is 4.76. The van der Waals surface area contributed by atoms with E-state index in [1.165, 1.54) is 30.3 Å². The van der Waals surface area contributed by atoms with Crippen LogP contribution in [-0.2, 0) is 4.79 Å². The van der Waals surface area contributed by atoms with Crippen LogP contribution in [0.15, 0.2) is 23.4 Å². The summed E-state index contributed by atoms with van der Waals surface area (Å²) in [5.41, 5.74) is 5.08. The van der Waals surface area contributed by atoms with E-state index in [4.69, 9.17) is 0 Å². The van der Waals surface area contributed by atoms with Crippen molar-refractivity contribution < 1.29 is 9.59 Å². The first-order valence-electron chi connectivity index (χ1n) is 9.71. The van der Waals surface area contributed by atoms with Crippen molar-refractivity contribution in [1.82, 2.24) is 14.9 Å². The van der Waals surface area contributed by atoms with Crippen molar-refractivity contribution in [3.8, 4) is 0 Å². The molecule has 0 atom stereocenters. The number of imidazole rings is 1. The molecule has 0 radical (unpaired) electrons. The molecule has 1 aromatic carbocycles. The van der Waals surface area contributed by atoms with E-state index in [1.54, 1.807) is 0 Å². The number of hydrogen-bond acceptors (Lipinski definition) is 4. The molecule has 1 fully saturated rings. The molecule has 6 nitrogen and oxygen atoms in total. The molecule has 1 aliphatic rings. The van der Waals surface area contributed by atoms with Crippen molar-refractivity contribution in [3.05, 3.63) is 40.7 Å². The fourth-order valence-corrected chi connectivity index (χ4v) is 4.52. The monoisotopic (exact) mass is 400 g/mol. The van der Waals surface area contributed by atoms with Gasteiger partial charge in [-0.3, -0.25) is 10.1 Å². The third-order valence-electron chi connectivity index (χ3n) is 5.39. The van der Waals surface area contributed by atoms with Crippen LogP contribution < -0.4 is 10.6 Å². The summed E-state index contributed by atoms with van der Waals surface area (Å²) in [6.07, 6.45) is 4.80. The number of urea groups is 1. The van der Waals surface area contributed by atoms with Gasteiger partial charge in [0.25, 0.3) is 0 Å². The molecule has 0 aliphatic heterocycles. The van der Waals surface area contributed by atoms with E-state index in [2.05, 4.69) is 27.1 Å². The predicted molar refractivity (Wildman–Crippen MR) is 113 cm³/mol. The lowest BCUT2D eigenvalue weighted by molar-refractivity contribution is -0.117. The summed E-state index contributed by atoms with van der Waals surface area (Å²) in [5, 5.41) is 5.97. The number of rotatable bonds is 5. The van der Waals surface area contributed by atoms with Crippen molar-refractivity contribution in [3.63, 3.8) is 0 Å². The minimum atomic E-state index is -0.514. The quantitative estimate of drug-likeness (QED) is 0.715. The van der Waals surface area contributed by atoms with E-state index in [9.17, 15) is 9.59 Å². The summed E-state index contributed by atoms with van der Waals surface area (Å²) in [6.45, 7) is 8.08. The number of imide groups is 1. The number of carbonyl (C=O) groups excluding carboxylic acids is 2. The Labute approximate surface area is 170 Å². The van der Waals surface area contributed by atoms with Crippen molar-refractivity contribution >= 4 is 29.4 Å². The maximum absolute atomic E-state index is 12.2. The highest BCUT2D eigenvalue weighted by atomic mass is 32.2. The number of aryl methyl sites for hydroxylation is 3. The number of nitrogens with zero attached hydrogens (tertiary/aromatic N) is 2. The van der Waals surface area contributed by atoms with Gasteiger partial charge >= 0.3 is 6.03 Å². The molecule has 1 saturated carbocycles. The molecule has 1 aromatic heterocycles. The molecule has 28 heavy (non-hydrogen) atoms. The van der Waals surface area contributed by atoms with Gasteiger partial charge in [0, 0.05) is 17.4 Å². The van der Waals surface area contributed by atoms with Crippen LogP contribution in [0.5, 0.6) is 0 Å². The summed E-state index contributed by atoms with van der Waals surface area (Å²) in [4.78, 5) is 29.0. The Bertz CT molecular complexity index is 885. The van der Waals surface area contributed by atoms with E-state index in [0.717, 1.165) is 34.8 Å². The molecule has 2 N–H and O–H groups in total. The molecule has 7 heteroatoms. The lowest BCUT2D eigenvalue weighted by Gasteiger charge is -2.16. The number of aromatic nitrogens is 2. The van der Waals surface area contributed by atoms with E-state index in [0.29, 0.717) is 11.7 Å². The highest BCUT2D eigenvalue weighted by Crippen LogP contribution is 2.35. The first kappa shape index (κ1) is 20.5. The second-order valence-electron chi connectivity index (χ2n) is 7.46. The second kappa shape index (κ2) is 8.82. The molecule has 1 heterocycles. The van der Waals surface area contributed by atoms with Crippen LogP contribution >= 0.6 is 11.8 Å². The zero-order valence-corrected chi connectivity index (χ0v) is 17.8. The van der Waals surface area contributed by atoms with Crippen LogP contribution in [0.2, 0.25) is 0 Å². The topological polar surface area (TPSA) is 76.0 Å². The van der Waals surface area contributed by atoms with Gasteiger partial charge in [-0.1, -0.05) is 30.7 Å². The normalized spacial score (nSPS) is 14.3. The zero-order valence-electron chi connectivity index (χ0n) is 17.0. The summed E-state index contributed by atoms with van der Waals surface area (Å²) in [6, 6.07) is 5.61. The number of nitrogens with one attached hydrogen (secondary N) is 2. The standard InChI is InChI=1S/C21H28N4O2S/c1-13-9-10-17(11-14(13)2)23-20(27)24-19(26)12-28-21-22-15(3)16(4)25(21)18-7-5-6-8-18/h9-11,18H,5-8,12H2,1-4H3,(H2,23,24,26,27). The van der Waals surface area contributed by atoms with E-state index in [-0.39, 0.29) is 11.7 Å². The Morgan fingerprint density at radius 1 is 1.14 bits per heavy atom. The van der Waals surface area contributed by atoms with Crippen molar-refractivity contribution in [1.29, 1.82) is 0 Å². The highest BCUT2D eigenvalue weighted by molar-refractivity contribution is 7.99. The minimum Gasteiger partial charge on any atom is -0.320 e. The molecule has 0 unspecified atom stereocenters. The lowest BCUT2D eigenvalue weighted by atomic mass is 10.1. The third-order valence-corrected chi connectivity index (χ3v) is 6.35. The largest absolute Gasteiger partial charge is 0.325 e. The Balaban J connectivity index is 1.56. The molecule has 3 rings (SSSR count). The minimum absolute atomic E-state index is 0.156. The van der Waals surface area contributed by atoms with Crippen LogP contribution in [0.4, 0.5) is 10.5 Å². The van der Waals surface area contributed by atoms with E-state index < -0.39 is 6.03 Å². The highest BCUT2D eigenvalue weighted by Gasteiger charge is 2.23. The maximum atomic E-state index is 12.2. The SMILES string of the molecule is Cc1ccc(NC(=O)NC(=O)CSc2nc(C)c(C)n2C2CCCC2)cc1C. The van der Waals surface area contributed by atoms with Crippen molar-refractivity contribution in [2.45, 2.75) is 64.6 Å². The number of anilines is 1. The zero-order chi connectivity index (χ0) is 20.3. The molecular weight excluding hydrogens is 372 g/mol. The number of amides is 3. The van der Waals surface area contributed by atoms with Gasteiger partial charge in [-0.2, -0.15) is 0 Å². The van der Waals surface area contributed by atoms with Crippen LogP contribution in [0.3, 0.4) is 0 Å². The number of thioether (sulfide) groups is 1. The molecule has 0 saturated heterocycles. The average molecular weight is 401 g/mol. The van der Waals surface area contributed by atoms with Gasteiger partial charge in [-0.05, 0) is 63.8 Å². The smallest absolute Gasteiger partial charge is 0.320 e. The van der Waals surface area contributed by atoms with E-state index in [1.807, 2.05) is 39.0 Å². The number of benzene rings is 1. The summed E-state index contributed by atoms with van der Waals surface area (Å²) in [7, 11) is 0. The first-order chi connectivity index (χ1) is 13.3. The van der Waals surface area contributed by atoms with Gasteiger partial charge in [0.1, 0.15) is 0 Å². The molecule has 2 aromatic rings. The molecular formula is C21H28N4O2S. The van der Waals surface area contributed by atoms with Gasteiger partial charge in [-0.15, -0.1) is 0 Å². The first-order valence-corrected chi connectivity index (χ1v) is 10.7. The fourth-order valence-electron chi connectivity index (χ4n) is 3.56.